The number of hydrogen-bond donors (Lipinski definition) is 2. The monoisotopic (exact) mass is 428 g/mol. The number of pyridine rings is 2. The highest BCUT2D eigenvalue weighted by atomic mass is 16.4. The number of anilines is 2. The molecular weight excluding hydrogens is 408 g/mol. The highest BCUT2D eigenvalue weighted by molar-refractivity contribution is 6.06. The molecule has 0 unspecified atom stereocenters. The number of carboxylic acid groups (broad SMARTS) is 1. The van der Waals surface area contributed by atoms with Gasteiger partial charge in [0.15, 0.2) is 5.69 Å². The average Bonchev–Trinajstić information content (AvgIpc) is 3.48. The van der Waals surface area contributed by atoms with Gasteiger partial charge in [-0.1, -0.05) is 6.07 Å². The van der Waals surface area contributed by atoms with E-state index in [9.17, 15) is 14.7 Å². The van der Waals surface area contributed by atoms with Crippen molar-refractivity contribution in [1.29, 1.82) is 0 Å². The molecule has 1 amide bonds. The van der Waals surface area contributed by atoms with Crippen LogP contribution >= 0.6 is 0 Å². The molecule has 3 aromatic heterocycles. The highest BCUT2D eigenvalue weighted by Crippen LogP contribution is 2.28. The molecule has 4 heterocycles. The molecule has 9 nitrogen and oxygen atoms in total. The lowest BCUT2D eigenvalue weighted by molar-refractivity contribution is 0.0692. The Morgan fingerprint density at radius 1 is 1.00 bits per heavy atom. The Morgan fingerprint density at radius 2 is 1.81 bits per heavy atom. The standard InChI is InChI=1S/C23H20N6O3/c30-22(31)21-18-12-15(16-6-8-20(25-13-16)28-10-1-2-11-28)5-7-19(18)29(27-21)23(32)26-17-4-3-9-24-14-17/h3-9,12-14H,1-2,10-11H2,(H,26,32)(H,30,31). The fraction of sp³-hybridized carbons (Fsp3) is 0.174. The number of rotatable bonds is 4. The van der Waals surface area contributed by atoms with Crippen LogP contribution in [0.25, 0.3) is 22.0 Å². The van der Waals surface area contributed by atoms with Crippen molar-refractivity contribution in [2.24, 2.45) is 0 Å². The fourth-order valence-electron chi connectivity index (χ4n) is 3.91. The van der Waals surface area contributed by atoms with E-state index < -0.39 is 12.0 Å². The van der Waals surface area contributed by atoms with Crippen LogP contribution in [0.3, 0.4) is 0 Å². The lowest BCUT2D eigenvalue weighted by Gasteiger charge is -2.16. The van der Waals surface area contributed by atoms with Crippen molar-refractivity contribution in [3.8, 4) is 11.1 Å². The van der Waals surface area contributed by atoms with Crippen molar-refractivity contribution in [2.45, 2.75) is 12.8 Å². The van der Waals surface area contributed by atoms with Crippen molar-refractivity contribution in [2.75, 3.05) is 23.3 Å². The third-order valence-electron chi connectivity index (χ3n) is 5.50. The normalized spacial score (nSPS) is 13.4. The maximum Gasteiger partial charge on any atom is 0.357 e. The fourth-order valence-corrected chi connectivity index (χ4v) is 3.91. The van der Waals surface area contributed by atoms with Gasteiger partial charge in [0.25, 0.3) is 0 Å². The summed E-state index contributed by atoms with van der Waals surface area (Å²) < 4.78 is 1.06. The third kappa shape index (κ3) is 3.64. The van der Waals surface area contributed by atoms with E-state index in [1.807, 2.05) is 18.2 Å². The zero-order valence-corrected chi connectivity index (χ0v) is 17.1. The van der Waals surface area contributed by atoms with Crippen molar-refractivity contribution in [3.63, 3.8) is 0 Å². The van der Waals surface area contributed by atoms with Crippen LogP contribution in [0, 0.1) is 0 Å². The molecule has 1 aliphatic heterocycles. The molecule has 0 saturated carbocycles. The van der Waals surface area contributed by atoms with E-state index in [4.69, 9.17) is 0 Å². The second kappa shape index (κ2) is 8.10. The average molecular weight is 428 g/mol. The molecular formula is C23H20N6O3. The quantitative estimate of drug-likeness (QED) is 0.507. The smallest absolute Gasteiger partial charge is 0.357 e. The largest absolute Gasteiger partial charge is 0.476 e. The van der Waals surface area contributed by atoms with Crippen molar-refractivity contribution < 1.29 is 14.7 Å². The minimum absolute atomic E-state index is 0.190. The Morgan fingerprint density at radius 3 is 2.50 bits per heavy atom. The third-order valence-corrected chi connectivity index (χ3v) is 5.50. The first-order valence-electron chi connectivity index (χ1n) is 10.3. The van der Waals surface area contributed by atoms with Gasteiger partial charge in [-0.15, -0.1) is 0 Å². The number of hydrogen-bond acceptors (Lipinski definition) is 6. The van der Waals surface area contributed by atoms with Gasteiger partial charge in [0, 0.05) is 36.4 Å². The molecule has 2 N–H and O–H groups in total. The van der Waals surface area contributed by atoms with Gasteiger partial charge < -0.3 is 15.3 Å². The molecule has 4 aromatic rings. The van der Waals surface area contributed by atoms with Crippen LogP contribution in [0.2, 0.25) is 0 Å². The topological polar surface area (TPSA) is 113 Å². The minimum atomic E-state index is -1.21. The number of benzene rings is 1. The van der Waals surface area contributed by atoms with Crippen LogP contribution in [-0.2, 0) is 0 Å². The maximum atomic E-state index is 12.7. The van der Waals surface area contributed by atoms with Crippen LogP contribution < -0.4 is 10.2 Å². The molecule has 1 aromatic carbocycles. The summed E-state index contributed by atoms with van der Waals surface area (Å²) in [5.74, 6) is -0.263. The Hall–Kier alpha value is -4.27. The van der Waals surface area contributed by atoms with E-state index in [0.29, 0.717) is 16.6 Å². The maximum absolute atomic E-state index is 12.7. The van der Waals surface area contributed by atoms with E-state index in [1.54, 1.807) is 36.7 Å². The molecule has 32 heavy (non-hydrogen) atoms. The molecule has 5 rings (SSSR count). The van der Waals surface area contributed by atoms with E-state index in [2.05, 4.69) is 25.3 Å². The lowest BCUT2D eigenvalue weighted by Crippen LogP contribution is -2.21. The van der Waals surface area contributed by atoms with Gasteiger partial charge in [-0.2, -0.15) is 9.78 Å². The number of fused-ring (bicyclic) bond motifs is 1. The van der Waals surface area contributed by atoms with Crippen LogP contribution in [0.15, 0.2) is 61.1 Å². The summed E-state index contributed by atoms with van der Waals surface area (Å²) in [5.41, 5.74) is 2.35. The summed E-state index contributed by atoms with van der Waals surface area (Å²) in [7, 11) is 0. The molecule has 1 aliphatic rings. The zero-order chi connectivity index (χ0) is 22.1. The van der Waals surface area contributed by atoms with E-state index in [1.165, 1.54) is 19.0 Å². The van der Waals surface area contributed by atoms with Crippen LogP contribution in [0.1, 0.15) is 23.3 Å². The van der Waals surface area contributed by atoms with Gasteiger partial charge in [0.2, 0.25) is 0 Å². The molecule has 1 fully saturated rings. The van der Waals surface area contributed by atoms with Crippen molar-refractivity contribution in [1.82, 2.24) is 19.7 Å². The van der Waals surface area contributed by atoms with Crippen LogP contribution in [0.5, 0.6) is 0 Å². The zero-order valence-electron chi connectivity index (χ0n) is 17.1. The second-order valence-electron chi connectivity index (χ2n) is 7.57. The van der Waals surface area contributed by atoms with Gasteiger partial charge in [0.1, 0.15) is 5.82 Å². The first-order valence-corrected chi connectivity index (χ1v) is 10.3. The first kappa shape index (κ1) is 19.7. The number of amides is 1. The molecule has 0 bridgehead atoms. The predicted octanol–water partition coefficient (Wildman–Crippen LogP) is 3.87. The number of carboxylic acids is 1. The van der Waals surface area contributed by atoms with E-state index in [-0.39, 0.29) is 5.69 Å². The van der Waals surface area contributed by atoms with Crippen LogP contribution in [-0.4, -0.2) is 49.9 Å². The van der Waals surface area contributed by atoms with E-state index >= 15 is 0 Å². The number of aromatic carboxylic acids is 1. The lowest BCUT2D eigenvalue weighted by atomic mass is 10.0. The number of aromatic nitrogens is 4. The van der Waals surface area contributed by atoms with Gasteiger partial charge in [-0.25, -0.2) is 14.6 Å². The molecule has 0 atom stereocenters. The molecule has 160 valence electrons. The van der Waals surface area contributed by atoms with Gasteiger partial charge in [-0.05, 0) is 54.8 Å². The number of carbonyl (C=O) groups is 2. The van der Waals surface area contributed by atoms with Crippen molar-refractivity contribution in [3.05, 3.63) is 66.7 Å². The number of carbonyl (C=O) groups excluding carboxylic acids is 1. The first-order chi connectivity index (χ1) is 15.6. The summed E-state index contributed by atoms with van der Waals surface area (Å²) in [6, 6.07) is 12.0. The summed E-state index contributed by atoms with van der Waals surface area (Å²) in [4.78, 5) is 35.3. The molecule has 9 heteroatoms. The van der Waals surface area contributed by atoms with Crippen molar-refractivity contribution >= 4 is 34.4 Å². The molecule has 0 spiro atoms. The Kier molecular flexibility index (Phi) is 4.98. The molecule has 1 saturated heterocycles. The summed E-state index contributed by atoms with van der Waals surface area (Å²) in [5, 5.41) is 16.7. The summed E-state index contributed by atoms with van der Waals surface area (Å²) >= 11 is 0. The molecule has 0 radical (unpaired) electrons. The Labute approximate surface area is 183 Å². The van der Waals surface area contributed by atoms with Gasteiger partial charge in [-0.3, -0.25) is 4.98 Å². The van der Waals surface area contributed by atoms with Crippen LogP contribution in [0.4, 0.5) is 16.3 Å². The van der Waals surface area contributed by atoms with Gasteiger partial charge in [0.05, 0.1) is 17.4 Å². The Bertz CT molecular complexity index is 1290. The van der Waals surface area contributed by atoms with E-state index in [0.717, 1.165) is 34.7 Å². The number of nitrogens with one attached hydrogen (secondary N) is 1. The second-order valence-corrected chi connectivity index (χ2v) is 7.57. The highest BCUT2D eigenvalue weighted by Gasteiger charge is 2.21. The summed E-state index contributed by atoms with van der Waals surface area (Å²) in [6.07, 6.45) is 7.23. The number of nitrogens with zero attached hydrogens (tertiary/aromatic N) is 5. The minimum Gasteiger partial charge on any atom is -0.476 e. The Balaban J connectivity index is 1.50. The van der Waals surface area contributed by atoms with Gasteiger partial charge >= 0.3 is 12.0 Å². The summed E-state index contributed by atoms with van der Waals surface area (Å²) in [6.45, 7) is 2.03. The predicted molar refractivity (Wildman–Crippen MR) is 120 cm³/mol. The molecule has 0 aliphatic carbocycles. The SMILES string of the molecule is O=C(O)c1nn(C(=O)Nc2cccnc2)c2ccc(-c3ccc(N4CCCC4)nc3)cc12.